The average Bonchev–Trinajstić information content (AvgIpc) is 3.11. The van der Waals surface area contributed by atoms with E-state index < -0.39 is 5.60 Å². The second kappa shape index (κ2) is 8.42. The van der Waals surface area contributed by atoms with Crippen LogP contribution < -0.4 is 10.9 Å². The molecule has 1 amide bonds. The maximum atomic E-state index is 12.2. The van der Waals surface area contributed by atoms with Gasteiger partial charge in [0.1, 0.15) is 11.2 Å². The summed E-state index contributed by atoms with van der Waals surface area (Å²) in [6, 6.07) is 5.93. The smallest absolute Gasteiger partial charge is 0.407 e. The lowest BCUT2D eigenvalue weighted by Crippen LogP contribution is -2.42. The number of likely N-dealkylation sites (tertiary alicyclic amines) is 1. The van der Waals surface area contributed by atoms with Crippen LogP contribution in [0.4, 0.5) is 4.79 Å². The molecule has 2 aromatic rings. The number of nitrogens with one attached hydrogen (secondary N) is 1. The summed E-state index contributed by atoms with van der Waals surface area (Å²) in [6.45, 7) is 8.82. The van der Waals surface area contributed by atoms with E-state index in [1.54, 1.807) is 6.07 Å². The van der Waals surface area contributed by atoms with Gasteiger partial charge in [-0.3, -0.25) is 4.90 Å². The Morgan fingerprint density at radius 2 is 1.97 bits per heavy atom. The Balaban J connectivity index is 1.43. The third kappa shape index (κ3) is 5.04. The summed E-state index contributed by atoms with van der Waals surface area (Å²) < 4.78 is 10.8. The Kier molecular flexibility index (Phi) is 5.87. The zero-order valence-electron chi connectivity index (χ0n) is 18.3. The van der Waals surface area contributed by atoms with E-state index in [1.807, 2.05) is 20.8 Å². The number of nitrogens with zero attached hydrogens (tertiary/aromatic N) is 1. The van der Waals surface area contributed by atoms with Crippen molar-refractivity contribution in [2.75, 3.05) is 19.6 Å². The van der Waals surface area contributed by atoms with E-state index in [1.165, 1.54) is 17.5 Å². The van der Waals surface area contributed by atoms with Gasteiger partial charge in [0, 0.05) is 31.1 Å². The number of rotatable bonds is 4. The SMILES string of the molecule is CC(C)(C)OC(=O)NCC1CCCN(Cc2cc(=O)oc3cc4c(cc23)CCC4)C1. The minimum atomic E-state index is -0.488. The summed E-state index contributed by atoms with van der Waals surface area (Å²) in [7, 11) is 0. The van der Waals surface area contributed by atoms with Crippen molar-refractivity contribution < 1.29 is 13.9 Å². The van der Waals surface area contributed by atoms with E-state index in [0.29, 0.717) is 18.0 Å². The monoisotopic (exact) mass is 412 g/mol. The Morgan fingerprint density at radius 1 is 1.20 bits per heavy atom. The van der Waals surface area contributed by atoms with Crippen LogP contribution in [0.25, 0.3) is 11.0 Å². The minimum Gasteiger partial charge on any atom is -0.444 e. The number of hydrogen-bond donors (Lipinski definition) is 1. The number of amides is 1. The number of carbonyl (C=O) groups excluding carboxylic acids is 1. The van der Waals surface area contributed by atoms with E-state index in [2.05, 4.69) is 22.3 Å². The summed E-state index contributed by atoms with van der Waals surface area (Å²) in [5, 5.41) is 3.97. The van der Waals surface area contributed by atoms with Gasteiger partial charge in [0.15, 0.2) is 0 Å². The Bertz CT molecular complexity index is 989. The molecule has 1 aliphatic heterocycles. The van der Waals surface area contributed by atoms with E-state index >= 15 is 0 Å². The molecule has 162 valence electrons. The van der Waals surface area contributed by atoms with Crippen LogP contribution in [0.5, 0.6) is 0 Å². The van der Waals surface area contributed by atoms with Crippen molar-refractivity contribution in [2.45, 2.75) is 65.0 Å². The standard InChI is InChI=1S/C24H32N2O4/c1-24(2,3)30-23(28)25-13-16-6-5-9-26(14-16)15-19-12-22(27)29-21-11-18-8-4-7-17(18)10-20(19)21/h10-12,16H,4-9,13-15H2,1-3H3,(H,25,28). The van der Waals surface area contributed by atoms with Crippen molar-refractivity contribution in [3.05, 3.63) is 45.3 Å². The average molecular weight is 413 g/mol. The number of aryl methyl sites for hydroxylation is 2. The molecule has 0 bridgehead atoms. The molecule has 1 N–H and O–H groups in total. The first-order chi connectivity index (χ1) is 14.3. The van der Waals surface area contributed by atoms with E-state index in [0.717, 1.165) is 56.3 Å². The molecule has 1 fully saturated rings. The summed E-state index contributed by atoms with van der Waals surface area (Å²) in [5.74, 6) is 0.377. The summed E-state index contributed by atoms with van der Waals surface area (Å²) in [4.78, 5) is 26.5. The maximum Gasteiger partial charge on any atom is 0.407 e. The normalized spacial score (nSPS) is 19.6. The van der Waals surface area contributed by atoms with Crippen LogP contribution in [-0.2, 0) is 24.1 Å². The predicted octanol–water partition coefficient (Wildman–Crippen LogP) is 4.02. The van der Waals surface area contributed by atoms with Gasteiger partial charge in [0.05, 0.1) is 0 Å². The minimum absolute atomic E-state index is 0.282. The fourth-order valence-electron chi connectivity index (χ4n) is 4.67. The second-order valence-corrected chi connectivity index (χ2v) is 9.69. The molecule has 30 heavy (non-hydrogen) atoms. The topological polar surface area (TPSA) is 71.8 Å². The molecule has 0 spiro atoms. The van der Waals surface area contributed by atoms with Crippen molar-refractivity contribution in [1.82, 2.24) is 10.2 Å². The maximum absolute atomic E-state index is 12.2. The molecular formula is C24H32N2O4. The summed E-state index contributed by atoms with van der Waals surface area (Å²) in [5.41, 5.74) is 3.67. The summed E-state index contributed by atoms with van der Waals surface area (Å²) >= 11 is 0. The van der Waals surface area contributed by atoms with Crippen LogP contribution in [0.3, 0.4) is 0 Å². The van der Waals surface area contributed by atoms with Gasteiger partial charge in [-0.25, -0.2) is 9.59 Å². The molecule has 6 nitrogen and oxygen atoms in total. The van der Waals surface area contributed by atoms with Gasteiger partial charge < -0.3 is 14.5 Å². The third-order valence-electron chi connectivity index (χ3n) is 5.97. The predicted molar refractivity (Wildman–Crippen MR) is 117 cm³/mol. The molecule has 2 heterocycles. The highest BCUT2D eigenvalue weighted by Gasteiger charge is 2.23. The van der Waals surface area contributed by atoms with Crippen molar-refractivity contribution in [2.24, 2.45) is 5.92 Å². The number of alkyl carbamates (subject to hydrolysis) is 1. The first kappa shape index (κ1) is 20.9. The second-order valence-electron chi connectivity index (χ2n) is 9.69. The van der Waals surface area contributed by atoms with Crippen LogP contribution in [0.2, 0.25) is 0 Å². The molecule has 1 saturated heterocycles. The number of piperidine rings is 1. The number of carbonyl (C=O) groups is 1. The van der Waals surface area contributed by atoms with E-state index in [4.69, 9.17) is 9.15 Å². The van der Waals surface area contributed by atoms with Gasteiger partial charge in [-0.2, -0.15) is 0 Å². The molecule has 1 aromatic heterocycles. The number of hydrogen-bond acceptors (Lipinski definition) is 5. The highest BCUT2D eigenvalue weighted by molar-refractivity contribution is 5.82. The van der Waals surface area contributed by atoms with Crippen LogP contribution in [0.15, 0.2) is 27.4 Å². The molecule has 2 aliphatic rings. The van der Waals surface area contributed by atoms with Crippen molar-refractivity contribution in [3.63, 3.8) is 0 Å². The van der Waals surface area contributed by atoms with Crippen molar-refractivity contribution in [3.8, 4) is 0 Å². The summed E-state index contributed by atoms with van der Waals surface area (Å²) in [6.07, 6.45) is 5.14. The van der Waals surface area contributed by atoms with E-state index in [9.17, 15) is 9.59 Å². The van der Waals surface area contributed by atoms with Gasteiger partial charge in [-0.05, 0) is 94.2 Å². The Morgan fingerprint density at radius 3 is 2.73 bits per heavy atom. The molecule has 1 aromatic carbocycles. The highest BCUT2D eigenvalue weighted by Crippen LogP contribution is 2.29. The molecule has 0 saturated carbocycles. The van der Waals surface area contributed by atoms with E-state index in [-0.39, 0.29) is 11.7 Å². The number of ether oxygens (including phenoxy) is 1. The van der Waals surface area contributed by atoms with Crippen LogP contribution in [0.1, 0.15) is 56.7 Å². The van der Waals surface area contributed by atoms with Gasteiger partial charge in [-0.1, -0.05) is 0 Å². The molecule has 1 unspecified atom stereocenters. The molecule has 1 atom stereocenters. The van der Waals surface area contributed by atoms with Gasteiger partial charge >= 0.3 is 11.7 Å². The van der Waals surface area contributed by atoms with Crippen molar-refractivity contribution in [1.29, 1.82) is 0 Å². The largest absolute Gasteiger partial charge is 0.444 e. The lowest BCUT2D eigenvalue weighted by atomic mass is 9.97. The number of fused-ring (bicyclic) bond motifs is 2. The van der Waals surface area contributed by atoms with Gasteiger partial charge in [0.2, 0.25) is 0 Å². The molecule has 1 aliphatic carbocycles. The van der Waals surface area contributed by atoms with Gasteiger partial charge in [-0.15, -0.1) is 0 Å². The lowest BCUT2D eigenvalue weighted by molar-refractivity contribution is 0.0506. The Hall–Kier alpha value is -2.34. The fraction of sp³-hybridized carbons (Fsp3) is 0.583. The zero-order valence-corrected chi connectivity index (χ0v) is 18.3. The van der Waals surface area contributed by atoms with Crippen LogP contribution in [0, 0.1) is 5.92 Å². The molecule has 0 radical (unpaired) electrons. The molecule has 6 heteroatoms. The number of benzene rings is 1. The fourth-order valence-corrected chi connectivity index (χ4v) is 4.67. The molecule has 4 rings (SSSR count). The van der Waals surface area contributed by atoms with Gasteiger partial charge in [0.25, 0.3) is 0 Å². The first-order valence-electron chi connectivity index (χ1n) is 11.0. The first-order valence-corrected chi connectivity index (χ1v) is 11.0. The quantitative estimate of drug-likeness (QED) is 0.768. The highest BCUT2D eigenvalue weighted by atomic mass is 16.6. The van der Waals surface area contributed by atoms with Crippen molar-refractivity contribution >= 4 is 17.1 Å². The lowest BCUT2D eigenvalue weighted by Gasteiger charge is -2.33. The third-order valence-corrected chi connectivity index (χ3v) is 5.97. The van der Waals surface area contributed by atoms with Crippen LogP contribution >= 0.6 is 0 Å². The van der Waals surface area contributed by atoms with Crippen LogP contribution in [-0.4, -0.2) is 36.2 Å². The molecular weight excluding hydrogens is 380 g/mol. The Labute approximate surface area is 177 Å². The zero-order chi connectivity index (χ0) is 21.3.